The van der Waals surface area contributed by atoms with E-state index in [4.69, 9.17) is 0 Å². The highest BCUT2D eigenvalue weighted by Crippen LogP contribution is 2.26. The van der Waals surface area contributed by atoms with E-state index in [2.05, 4.69) is 35.5 Å². The third-order valence-electron chi connectivity index (χ3n) is 5.67. The number of hydrogen-bond donors (Lipinski definition) is 1. The van der Waals surface area contributed by atoms with Crippen molar-refractivity contribution in [1.29, 1.82) is 0 Å². The van der Waals surface area contributed by atoms with Crippen molar-refractivity contribution in [3.05, 3.63) is 59.5 Å². The molecule has 0 radical (unpaired) electrons. The van der Waals surface area contributed by atoms with Crippen molar-refractivity contribution in [1.82, 2.24) is 29.9 Å². The van der Waals surface area contributed by atoms with Crippen LogP contribution in [0.2, 0.25) is 0 Å². The second kappa shape index (κ2) is 9.07. The molecule has 0 aromatic carbocycles. The first kappa shape index (κ1) is 21.2. The van der Waals surface area contributed by atoms with E-state index in [1.165, 1.54) is 6.33 Å². The van der Waals surface area contributed by atoms with E-state index in [1.807, 2.05) is 49.6 Å². The number of carbonyl (C=O) groups is 1. The summed E-state index contributed by atoms with van der Waals surface area (Å²) in [7, 11) is 0. The summed E-state index contributed by atoms with van der Waals surface area (Å²) < 4.78 is 1.74. The molecule has 4 aromatic rings. The van der Waals surface area contributed by atoms with Crippen LogP contribution in [0, 0.1) is 19.8 Å². The zero-order chi connectivity index (χ0) is 22.8. The molecular weight excluding hydrogens is 436 g/mol. The summed E-state index contributed by atoms with van der Waals surface area (Å²) >= 11 is 1.64. The third-order valence-corrected chi connectivity index (χ3v) is 6.56. The van der Waals surface area contributed by atoms with Crippen LogP contribution in [-0.2, 0) is 4.79 Å². The minimum atomic E-state index is -0.162. The molecule has 9 nitrogen and oxygen atoms in total. The number of aryl methyl sites for hydroxylation is 2. The van der Waals surface area contributed by atoms with Crippen molar-refractivity contribution in [2.45, 2.75) is 26.7 Å². The van der Waals surface area contributed by atoms with Gasteiger partial charge in [0.15, 0.2) is 11.6 Å². The number of aromatic nitrogens is 6. The molecule has 1 N–H and O–H groups in total. The minimum absolute atomic E-state index is 0.0547. The Hall–Kier alpha value is -3.66. The van der Waals surface area contributed by atoms with Crippen molar-refractivity contribution in [2.24, 2.45) is 5.92 Å². The second-order valence-electron chi connectivity index (χ2n) is 8.13. The Bertz CT molecular complexity index is 1250. The lowest BCUT2D eigenvalue weighted by molar-refractivity contribution is -0.120. The Kier molecular flexibility index (Phi) is 5.82. The van der Waals surface area contributed by atoms with Crippen molar-refractivity contribution in [3.63, 3.8) is 0 Å². The first-order valence-electron chi connectivity index (χ1n) is 10.9. The van der Waals surface area contributed by atoms with E-state index in [0.717, 1.165) is 47.2 Å². The van der Waals surface area contributed by atoms with Gasteiger partial charge in [0, 0.05) is 24.8 Å². The second-order valence-corrected chi connectivity index (χ2v) is 9.08. The van der Waals surface area contributed by atoms with Crippen LogP contribution >= 0.6 is 11.3 Å². The van der Waals surface area contributed by atoms with Crippen molar-refractivity contribution in [3.8, 4) is 16.4 Å². The number of rotatable bonds is 5. The van der Waals surface area contributed by atoms with E-state index < -0.39 is 0 Å². The van der Waals surface area contributed by atoms with Crippen LogP contribution in [0.1, 0.15) is 24.2 Å². The molecule has 1 atom stereocenters. The van der Waals surface area contributed by atoms with Gasteiger partial charge in [0.25, 0.3) is 0 Å². The average molecular weight is 461 g/mol. The van der Waals surface area contributed by atoms with Crippen LogP contribution in [0.5, 0.6) is 0 Å². The van der Waals surface area contributed by atoms with E-state index >= 15 is 0 Å². The maximum absolute atomic E-state index is 13.0. The van der Waals surface area contributed by atoms with Gasteiger partial charge >= 0.3 is 0 Å². The summed E-state index contributed by atoms with van der Waals surface area (Å²) in [5.41, 5.74) is 2.74. The lowest BCUT2D eigenvalue weighted by Crippen LogP contribution is -2.41. The van der Waals surface area contributed by atoms with Gasteiger partial charge in [-0.3, -0.25) is 4.79 Å². The SMILES string of the molecule is Cc1cc(C)n(-c2cc(NC(=O)C3CCCN(c4ccc(-c5cccs5)nn4)C3)ncn2)n1. The van der Waals surface area contributed by atoms with Crippen molar-refractivity contribution >= 4 is 28.9 Å². The Morgan fingerprint density at radius 3 is 2.76 bits per heavy atom. The number of piperidine rings is 1. The van der Waals surface area contributed by atoms with Crippen LogP contribution in [0.4, 0.5) is 11.6 Å². The topological polar surface area (TPSA) is 102 Å². The lowest BCUT2D eigenvalue weighted by Gasteiger charge is -2.32. The number of carbonyl (C=O) groups excluding carboxylic acids is 1. The summed E-state index contributed by atoms with van der Waals surface area (Å²) in [6.45, 7) is 5.34. The average Bonchev–Trinajstić information content (AvgIpc) is 3.49. The predicted molar refractivity (Wildman–Crippen MR) is 128 cm³/mol. The molecule has 10 heteroatoms. The van der Waals surface area contributed by atoms with Gasteiger partial charge in [-0.1, -0.05) is 6.07 Å². The van der Waals surface area contributed by atoms with Gasteiger partial charge in [-0.2, -0.15) is 5.10 Å². The maximum Gasteiger partial charge on any atom is 0.230 e. The molecule has 0 bridgehead atoms. The number of amides is 1. The molecule has 1 unspecified atom stereocenters. The first-order chi connectivity index (χ1) is 16.1. The molecule has 1 fully saturated rings. The molecule has 0 saturated carbocycles. The van der Waals surface area contributed by atoms with Crippen molar-refractivity contribution < 1.29 is 4.79 Å². The molecule has 1 amide bonds. The fraction of sp³-hybridized carbons (Fsp3) is 0.304. The Morgan fingerprint density at radius 2 is 2.03 bits per heavy atom. The number of nitrogens with zero attached hydrogens (tertiary/aromatic N) is 7. The number of nitrogens with one attached hydrogen (secondary N) is 1. The first-order valence-corrected chi connectivity index (χ1v) is 11.7. The van der Waals surface area contributed by atoms with E-state index in [-0.39, 0.29) is 11.8 Å². The normalized spacial score (nSPS) is 16.1. The van der Waals surface area contributed by atoms with Crippen molar-refractivity contribution in [2.75, 3.05) is 23.3 Å². The molecule has 5 heterocycles. The van der Waals surface area contributed by atoms with Crippen LogP contribution in [0.3, 0.4) is 0 Å². The van der Waals surface area contributed by atoms with Crippen LogP contribution in [-0.4, -0.2) is 48.9 Å². The number of anilines is 2. The van der Waals surface area contributed by atoms with Gasteiger partial charge in [0.1, 0.15) is 17.8 Å². The highest BCUT2D eigenvalue weighted by atomic mass is 32.1. The van der Waals surface area contributed by atoms with Gasteiger partial charge in [-0.25, -0.2) is 14.6 Å². The van der Waals surface area contributed by atoms with Crippen LogP contribution < -0.4 is 10.2 Å². The summed E-state index contributed by atoms with van der Waals surface area (Å²) in [4.78, 5) is 24.8. The molecule has 0 aliphatic carbocycles. The highest BCUT2D eigenvalue weighted by molar-refractivity contribution is 7.13. The van der Waals surface area contributed by atoms with Gasteiger partial charge in [-0.05, 0) is 56.3 Å². The standard InChI is InChI=1S/C23H24N8OS/c1-15-11-16(2)31(29-15)22-12-20(24-14-25-22)26-23(32)17-5-3-9-30(13-17)21-8-7-18(27-28-21)19-6-4-10-33-19/h4,6-8,10-12,14,17H,3,5,9,13H2,1-2H3,(H,24,25,26,32). The maximum atomic E-state index is 13.0. The molecule has 1 aliphatic rings. The van der Waals surface area contributed by atoms with Crippen LogP contribution in [0.15, 0.2) is 48.1 Å². The Balaban J connectivity index is 1.26. The third kappa shape index (κ3) is 4.61. The number of hydrogen-bond acceptors (Lipinski definition) is 8. The fourth-order valence-corrected chi connectivity index (χ4v) is 4.76. The Labute approximate surface area is 195 Å². The molecule has 1 saturated heterocycles. The van der Waals surface area contributed by atoms with Gasteiger partial charge < -0.3 is 10.2 Å². The molecule has 168 valence electrons. The monoisotopic (exact) mass is 460 g/mol. The molecule has 33 heavy (non-hydrogen) atoms. The summed E-state index contributed by atoms with van der Waals surface area (Å²) in [5, 5.41) is 18.2. The summed E-state index contributed by atoms with van der Waals surface area (Å²) in [5.74, 6) is 1.67. The van der Waals surface area contributed by atoms with E-state index in [9.17, 15) is 4.79 Å². The molecule has 4 aromatic heterocycles. The number of thiophene rings is 1. The zero-order valence-electron chi connectivity index (χ0n) is 18.5. The lowest BCUT2D eigenvalue weighted by atomic mass is 9.97. The van der Waals surface area contributed by atoms with E-state index in [1.54, 1.807) is 22.1 Å². The smallest absolute Gasteiger partial charge is 0.230 e. The minimum Gasteiger partial charge on any atom is -0.354 e. The van der Waals surface area contributed by atoms with E-state index in [0.29, 0.717) is 18.2 Å². The summed E-state index contributed by atoms with van der Waals surface area (Å²) in [6, 6.07) is 11.7. The van der Waals surface area contributed by atoms with Gasteiger partial charge in [0.2, 0.25) is 5.91 Å². The molecular formula is C23H24N8OS. The van der Waals surface area contributed by atoms with Crippen LogP contribution in [0.25, 0.3) is 16.4 Å². The Morgan fingerprint density at radius 1 is 1.12 bits per heavy atom. The van der Waals surface area contributed by atoms with Gasteiger partial charge in [-0.15, -0.1) is 21.5 Å². The molecule has 1 aliphatic heterocycles. The quantitative estimate of drug-likeness (QED) is 0.485. The fourth-order valence-electron chi connectivity index (χ4n) is 4.07. The zero-order valence-corrected chi connectivity index (χ0v) is 19.3. The summed E-state index contributed by atoms with van der Waals surface area (Å²) in [6.07, 6.45) is 3.17. The molecule has 5 rings (SSSR count). The largest absolute Gasteiger partial charge is 0.354 e. The van der Waals surface area contributed by atoms with Gasteiger partial charge in [0.05, 0.1) is 16.5 Å². The predicted octanol–water partition coefficient (Wildman–Crippen LogP) is 3.65. The molecule has 0 spiro atoms. The highest BCUT2D eigenvalue weighted by Gasteiger charge is 2.27.